The van der Waals surface area contributed by atoms with Crippen LogP contribution in [0.2, 0.25) is 0 Å². The first-order chi connectivity index (χ1) is 11.2. The molecule has 0 saturated heterocycles. The normalized spacial score (nSPS) is 10.7. The quantitative estimate of drug-likeness (QED) is 0.739. The molecule has 4 heteroatoms. The Morgan fingerprint density at radius 3 is 2.48 bits per heavy atom. The van der Waals surface area contributed by atoms with E-state index in [1.54, 1.807) is 11.3 Å². The van der Waals surface area contributed by atoms with Crippen LogP contribution in [0.3, 0.4) is 0 Å². The summed E-state index contributed by atoms with van der Waals surface area (Å²) in [5.74, 6) is 0.869. The zero-order chi connectivity index (χ0) is 16.1. The van der Waals surface area contributed by atoms with Crippen LogP contribution in [0.4, 0.5) is 0 Å². The third-order valence-electron chi connectivity index (χ3n) is 3.58. The van der Waals surface area contributed by atoms with Crippen LogP contribution in [0.15, 0.2) is 53.9 Å². The van der Waals surface area contributed by atoms with Gasteiger partial charge in [0.05, 0.1) is 5.69 Å². The van der Waals surface area contributed by atoms with Gasteiger partial charge in [0.15, 0.2) is 0 Å². The summed E-state index contributed by atoms with van der Waals surface area (Å²) < 4.78 is 5.83. The third kappa shape index (κ3) is 4.18. The number of nitrogens with two attached hydrogens (primary N) is 1. The topological polar surface area (TPSA) is 48.1 Å². The highest BCUT2D eigenvalue weighted by molar-refractivity contribution is 7.13. The average Bonchev–Trinajstić information content (AvgIpc) is 3.04. The monoisotopic (exact) mass is 324 g/mol. The first kappa shape index (κ1) is 15.7. The highest BCUT2D eigenvalue weighted by atomic mass is 32.1. The van der Waals surface area contributed by atoms with Crippen LogP contribution in [0.5, 0.6) is 5.75 Å². The van der Waals surface area contributed by atoms with Crippen LogP contribution in [0, 0.1) is 6.92 Å². The molecule has 3 nitrogen and oxygen atoms in total. The Hall–Kier alpha value is -2.17. The number of hydrogen-bond acceptors (Lipinski definition) is 4. The Morgan fingerprint density at radius 2 is 1.78 bits per heavy atom. The molecule has 0 amide bonds. The van der Waals surface area contributed by atoms with E-state index in [2.05, 4.69) is 53.7 Å². The Bertz CT molecular complexity index is 748. The predicted octanol–water partition coefficient (Wildman–Crippen LogP) is 4.20. The van der Waals surface area contributed by atoms with Crippen molar-refractivity contribution in [3.63, 3.8) is 0 Å². The molecule has 23 heavy (non-hydrogen) atoms. The van der Waals surface area contributed by atoms with E-state index < -0.39 is 0 Å². The lowest BCUT2D eigenvalue weighted by Gasteiger charge is -2.07. The highest BCUT2D eigenvalue weighted by Gasteiger charge is 2.05. The maximum Gasteiger partial charge on any atom is 0.123 e. The minimum Gasteiger partial charge on any atom is -0.489 e. The van der Waals surface area contributed by atoms with Gasteiger partial charge in [-0.1, -0.05) is 29.8 Å². The Morgan fingerprint density at radius 1 is 1.04 bits per heavy atom. The summed E-state index contributed by atoms with van der Waals surface area (Å²) in [4.78, 5) is 4.60. The van der Waals surface area contributed by atoms with E-state index >= 15 is 0 Å². The molecule has 1 heterocycles. The van der Waals surface area contributed by atoms with Crippen molar-refractivity contribution in [3.8, 4) is 16.3 Å². The number of aryl methyl sites for hydroxylation is 1. The van der Waals surface area contributed by atoms with Crippen LogP contribution >= 0.6 is 11.3 Å². The number of nitrogens with zero attached hydrogens (tertiary/aromatic N) is 1. The molecule has 3 rings (SSSR count). The number of hydrogen-bond donors (Lipinski definition) is 1. The zero-order valence-electron chi connectivity index (χ0n) is 13.2. The number of thiazole rings is 1. The van der Waals surface area contributed by atoms with E-state index in [1.807, 2.05) is 12.1 Å². The van der Waals surface area contributed by atoms with Crippen LogP contribution in [0.1, 0.15) is 16.8 Å². The second kappa shape index (κ2) is 7.40. The summed E-state index contributed by atoms with van der Waals surface area (Å²) >= 11 is 1.65. The van der Waals surface area contributed by atoms with Gasteiger partial charge >= 0.3 is 0 Å². The summed E-state index contributed by atoms with van der Waals surface area (Å²) in [6, 6.07) is 16.5. The van der Waals surface area contributed by atoms with Gasteiger partial charge in [0.2, 0.25) is 0 Å². The maximum atomic E-state index is 5.83. The van der Waals surface area contributed by atoms with Crippen molar-refractivity contribution in [2.24, 2.45) is 5.73 Å². The van der Waals surface area contributed by atoms with Gasteiger partial charge in [-0.25, -0.2) is 4.98 Å². The van der Waals surface area contributed by atoms with Gasteiger partial charge in [-0.05, 0) is 43.3 Å². The smallest absolute Gasteiger partial charge is 0.123 e. The first-order valence-electron chi connectivity index (χ1n) is 7.68. The van der Waals surface area contributed by atoms with Gasteiger partial charge in [-0.2, -0.15) is 0 Å². The number of rotatable bonds is 6. The fourth-order valence-electron chi connectivity index (χ4n) is 2.25. The largest absolute Gasteiger partial charge is 0.489 e. The standard InChI is InChI=1S/C19H20N2OS/c1-14-2-4-15(5-3-14)12-22-18-8-6-16(7-9-18)19-21-17(10-11-20)13-23-19/h2-9,13H,10-12,20H2,1H3. The molecule has 0 aliphatic rings. The highest BCUT2D eigenvalue weighted by Crippen LogP contribution is 2.26. The van der Waals surface area contributed by atoms with Crippen molar-refractivity contribution in [1.82, 2.24) is 4.98 Å². The van der Waals surface area contributed by atoms with Crippen LogP contribution in [-0.4, -0.2) is 11.5 Å². The zero-order valence-corrected chi connectivity index (χ0v) is 14.0. The summed E-state index contributed by atoms with van der Waals surface area (Å²) in [6.45, 7) is 3.30. The molecule has 0 fully saturated rings. The molecule has 0 unspecified atom stereocenters. The predicted molar refractivity (Wildman–Crippen MR) is 95.8 cm³/mol. The van der Waals surface area contributed by atoms with Crippen molar-refractivity contribution >= 4 is 11.3 Å². The number of ether oxygens (including phenoxy) is 1. The lowest BCUT2D eigenvalue weighted by Crippen LogP contribution is -2.02. The first-order valence-corrected chi connectivity index (χ1v) is 8.56. The second-order valence-electron chi connectivity index (χ2n) is 5.48. The summed E-state index contributed by atoms with van der Waals surface area (Å²) in [5, 5.41) is 3.10. The SMILES string of the molecule is Cc1ccc(COc2ccc(-c3nc(CCN)cs3)cc2)cc1. The summed E-state index contributed by atoms with van der Waals surface area (Å²) in [5.41, 5.74) is 10.2. The second-order valence-corrected chi connectivity index (χ2v) is 6.34. The summed E-state index contributed by atoms with van der Waals surface area (Å²) in [6.07, 6.45) is 0.828. The molecule has 0 spiro atoms. The Balaban J connectivity index is 1.63. The van der Waals surface area contributed by atoms with Gasteiger partial charge in [0.25, 0.3) is 0 Å². The van der Waals surface area contributed by atoms with Crippen molar-refractivity contribution in [1.29, 1.82) is 0 Å². The summed E-state index contributed by atoms with van der Waals surface area (Å²) in [7, 11) is 0. The fourth-order valence-corrected chi connectivity index (χ4v) is 3.11. The third-order valence-corrected chi connectivity index (χ3v) is 4.52. The van der Waals surface area contributed by atoms with Gasteiger partial charge < -0.3 is 10.5 Å². The molecule has 3 aromatic rings. The van der Waals surface area contributed by atoms with E-state index in [-0.39, 0.29) is 0 Å². The molecular formula is C19H20N2OS. The van der Waals surface area contributed by atoms with E-state index in [0.29, 0.717) is 13.2 Å². The minimum atomic E-state index is 0.581. The Kier molecular flexibility index (Phi) is 5.05. The van der Waals surface area contributed by atoms with E-state index in [9.17, 15) is 0 Å². The molecule has 2 aromatic carbocycles. The molecule has 118 valence electrons. The molecule has 1 aromatic heterocycles. The van der Waals surface area contributed by atoms with Crippen LogP contribution in [0.25, 0.3) is 10.6 Å². The van der Waals surface area contributed by atoms with Crippen molar-refractivity contribution in [2.75, 3.05) is 6.54 Å². The maximum absolute atomic E-state index is 5.83. The molecule has 0 bridgehead atoms. The van der Waals surface area contributed by atoms with Gasteiger partial charge in [-0.15, -0.1) is 11.3 Å². The number of aromatic nitrogens is 1. The van der Waals surface area contributed by atoms with Crippen LogP contribution in [-0.2, 0) is 13.0 Å². The lowest BCUT2D eigenvalue weighted by atomic mass is 10.2. The molecule has 0 aliphatic carbocycles. The fraction of sp³-hybridized carbons (Fsp3) is 0.211. The average molecular weight is 324 g/mol. The van der Waals surface area contributed by atoms with Gasteiger partial charge in [0, 0.05) is 17.4 Å². The van der Waals surface area contributed by atoms with Crippen molar-refractivity contribution < 1.29 is 4.74 Å². The van der Waals surface area contributed by atoms with Crippen molar-refractivity contribution in [2.45, 2.75) is 20.0 Å². The van der Waals surface area contributed by atoms with Gasteiger partial charge in [0.1, 0.15) is 17.4 Å². The molecule has 0 atom stereocenters. The molecule has 0 radical (unpaired) electrons. The molecule has 2 N–H and O–H groups in total. The molecule has 0 saturated carbocycles. The van der Waals surface area contributed by atoms with Crippen LogP contribution < -0.4 is 10.5 Å². The number of benzene rings is 2. The lowest BCUT2D eigenvalue weighted by molar-refractivity contribution is 0.306. The molecule has 0 aliphatic heterocycles. The minimum absolute atomic E-state index is 0.581. The van der Waals surface area contributed by atoms with E-state index in [0.717, 1.165) is 28.4 Å². The van der Waals surface area contributed by atoms with E-state index in [4.69, 9.17) is 10.5 Å². The van der Waals surface area contributed by atoms with Crippen molar-refractivity contribution in [3.05, 3.63) is 70.7 Å². The van der Waals surface area contributed by atoms with E-state index in [1.165, 1.54) is 11.1 Å². The Labute approximate surface area is 140 Å². The molecular weight excluding hydrogens is 304 g/mol. The van der Waals surface area contributed by atoms with Gasteiger partial charge in [-0.3, -0.25) is 0 Å².